The number of carbonyl (C=O) groups excluding carboxylic acids is 2. The summed E-state index contributed by atoms with van der Waals surface area (Å²) in [4.78, 5) is 38.9. The molecule has 0 saturated carbocycles. The number of ether oxygens (including phenoxy) is 1. The van der Waals surface area contributed by atoms with E-state index in [0.29, 0.717) is 30.8 Å². The van der Waals surface area contributed by atoms with Gasteiger partial charge >= 0.3 is 5.97 Å². The van der Waals surface area contributed by atoms with Crippen molar-refractivity contribution in [3.8, 4) is 5.75 Å². The lowest BCUT2D eigenvalue weighted by Crippen LogP contribution is -2.47. The van der Waals surface area contributed by atoms with Gasteiger partial charge in [-0.1, -0.05) is 12.1 Å². The van der Waals surface area contributed by atoms with Crippen LogP contribution in [-0.4, -0.2) is 53.0 Å². The number of hydrogen-bond acceptors (Lipinski definition) is 4. The number of benzene rings is 1. The molecule has 7 heteroatoms. The van der Waals surface area contributed by atoms with Crippen molar-refractivity contribution in [2.75, 3.05) is 18.0 Å². The van der Waals surface area contributed by atoms with Crippen LogP contribution in [0.15, 0.2) is 24.3 Å². The summed E-state index contributed by atoms with van der Waals surface area (Å²) >= 11 is 0. The lowest BCUT2D eigenvalue weighted by atomic mass is 10.1. The number of nitrogens with zero attached hydrogens (tertiary/aromatic N) is 2. The smallest absolute Gasteiger partial charge is 0.326 e. The molecule has 2 aliphatic heterocycles. The average molecular weight is 332 g/mol. The Morgan fingerprint density at radius 3 is 2.83 bits per heavy atom. The van der Waals surface area contributed by atoms with E-state index in [4.69, 9.17) is 4.74 Å². The SMILES string of the molecule is C[C@H]1Oc2ccccc2N(CCC(=O)N2CCC[C@@H]2C(=O)O)C1=O. The van der Waals surface area contributed by atoms with Crippen LogP contribution in [0.25, 0.3) is 0 Å². The van der Waals surface area contributed by atoms with Crippen LogP contribution in [0.2, 0.25) is 0 Å². The van der Waals surface area contributed by atoms with Crippen LogP contribution in [0, 0.1) is 0 Å². The fourth-order valence-electron chi connectivity index (χ4n) is 3.26. The van der Waals surface area contributed by atoms with Crippen molar-refractivity contribution in [3.05, 3.63) is 24.3 Å². The van der Waals surface area contributed by atoms with Gasteiger partial charge in [0.15, 0.2) is 6.10 Å². The fraction of sp³-hybridized carbons (Fsp3) is 0.471. The third-order valence-electron chi connectivity index (χ3n) is 4.48. The molecule has 0 aromatic heterocycles. The molecule has 2 aliphatic rings. The molecule has 1 N–H and O–H groups in total. The molecule has 2 atom stereocenters. The van der Waals surface area contributed by atoms with Gasteiger partial charge in [-0.25, -0.2) is 4.79 Å². The zero-order chi connectivity index (χ0) is 17.3. The Morgan fingerprint density at radius 1 is 1.33 bits per heavy atom. The van der Waals surface area contributed by atoms with E-state index < -0.39 is 18.1 Å². The summed E-state index contributed by atoms with van der Waals surface area (Å²) in [6.07, 6.45) is 0.668. The molecule has 1 aromatic rings. The highest BCUT2D eigenvalue weighted by atomic mass is 16.5. The summed E-state index contributed by atoms with van der Waals surface area (Å²) in [5.41, 5.74) is 0.643. The van der Waals surface area contributed by atoms with E-state index in [1.165, 1.54) is 4.90 Å². The van der Waals surface area contributed by atoms with Crippen LogP contribution in [0.3, 0.4) is 0 Å². The summed E-state index contributed by atoms with van der Waals surface area (Å²) in [7, 11) is 0. The molecule has 2 amide bonds. The zero-order valence-electron chi connectivity index (χ0n) is 13.5. The Bertz CT molecular complexity index is 675. The van der Waals surface area contributed by atoms with Crippen LogP contribution in [0.5, 0.6) is 5.75 Å². The van der Waals surface area contributed by atoms with Crippen molar-refractivity contribution >= 4 is 23.5 Å². The van der Waals surface area contributed by atoms with E-state index in [-0.39, 0.29) is 24.8 Å². The number of rotatable bonds is 4. The number of anilines is 1. The average Bonchev–Trinajstić information content (AvgIpc) is 3.05. The number of fused-ring (bicyclic) bond motifs is 1. The molecule has 0 spiro atoms. The first-order valence-corrected chi connectivity index (χ1v) is 8.08. The molecular formula is C17H20N2O5. The van der Waals surface area contributed by atoms with Crippen molar-refractivity contribution < 1.29 is 24.2 Å². The van der Waals surface area contributed by atoms with Gasteiger partial charge in [-0.3, -0.25) is 9.59 Å². The van der Waals surface area contributed by atoms with E-state index in [0.717, 1.165) is 0 Å². The van der Waals surface area contributed by atoms with Crippen LogP contribution in [0.1, 0.15) is 26.2 Å². The van der Waals surface area contributed by atoms with E-state index in [2.05, 4.69) is 0 Å². The summed E-state index contributed by atoms with van der Waals surface area (Å²) in [5, 5.41) is 9.18. The monoisotopic (exact) mass is 332 g/mol. The standard InChI is InChI=1S/C17H20N2O5/c1-11-16(21)19(12-5-2-3-7-14(12)24-11)10-8-15(20)18-9-4-6-13(18)17(22)23/h2-3,5,7,11,13H,4,6,8-10H2,1H3,(H,22,23)/t11-,13-/m1/s1. The van der Waals surface area contributed by atoms with Crippen molar-refractivity contribution in [2.24, 2.45) is 0 Å². The van der Waals surface area contributed by atoms with Gasteiger partial charge in [-0.15, -0.1) is 0 Å². The minimum Gasteiger partial charge on any atom is -0.480 e. The first-order chi connectivity index (χ1) is 11.5. The van der Waals surface area contributed by atoms with Crippen LogP contribution >= 0.6 is 0 Å². The van der Waals surface area contributed by atoms with E-state index >= 15 is 0 Å². The fourth-order valence-corrected chi connectivity index (χ4v) is 3.26. The molecule has 0 unspecified atom stereocenters. The highest BCUT2D eigenvalue weighted by molar-refractivity contribution is 6.00. The van der Waals surface area contributed by atoms with Gasteiger partial charge in [0.05, 0.1) is 5.69 Å². The Labute approximate surface area is 139 Å². The third-order valence-corrected chi connectivity index (χ3v) is 4.48. The van der Waals surface area contributed by atoms with Gasteiger partial charge < -0.3 is 19.6 Å². The van der Waals surface area contributed by atoms with Gasteiger partial charge in [0, 0.05) is 19.5 Å². The predicted octanol–water partition coefficient (Wildman–Crippen LogP) is 1.27. The largest absolute Gasteiger partial charge is 0.480 e. The topological polar surface area (TPSA) is 87.2 Å². The number of amides is 2. The first-order valence-electron chi connectivity index (χ1n) is 8.08. The number of likely N-dealkylation sites (tertiary alicyclic amines) is 1. The molecule has 1 saturated heterocycles. The normalized spacial score (nSPS) is 23.0. The second-order valence-corrected chi connectivity index (χ2v) is 6.05. The maximum atomic E-state index is 12.4. The molecule has 0 bridgehead atoms. The van der Waals surface area contributed by atoms with Crippen LogP contribution in [0.4, 0.5) is 5.69 Å². The summed E-state index contributed by atoms with van der Waals surface area (Å²) in [5.74, 6) is -0.786. The summed E-state index contributed by atoms with van der Waals surface area (Å²) in [6.45, 7) is 2.35. The van der Waals surface area contributed by atoms with Crippen LogP contribution in [-0.2, 0) is 14.4 Å². The van der Waals surface area contributed by atoms with Gasteiger partial charge in [0.1, 0.15) is 11.8 Å². The molecule has 24 heavy (non-hydrogen) atoms. The minimum atomic E-state index is -0.970. The van der Waals surface area contributed by atoms with E-state index in [1.54, 1.807) is 30.0 Å². The number of para-hydroxylation sites is 2. The Kier molecular flexibility index (Phi) is 4.42. The van der Waals surface area contributed by atoms with Gasteiger partial charge in [-0.2, -0.15) is 0 Å². The van der Waals surface area contributed by atoms with Gasteiger partial charge in [-0.05, 0) is 31.9 Å². The number of carbonyl (C=O) groups is 3. The minimum absolute atomic E-state index is 0.0938. The second-order valence-electron chi connectivity index (χ2n) is 6.05. The number of carboxylic acid groups (broad SMARTS) is 1. The third kappa shape index (κ3) is 2.93. The van der Waals surface area contributed by atoms with Gasteiger partial charge in [0.2, 0.25) is 5.91 Å². The molecule has 1 aromatic carbocycles. The van der Waals surface area contributed by atoms with Crippen molar-refractivity contribution in [1.82, 2.24) is 4.90 Å². The van der Waals surface area contributed by atoms with Crippen molar-refractivity contribution in [1.29, 1.82) is 0 Å². The zero-order valence-corrected chi connectivity index (χ0v) is 13.5. The highest BCUT2D eigenvalue weighted by Gasteiger charge is 2.35. The number of aliphatic carboxylic acids is 1. The predicted molar refractivity (Wildman–Crippen MR) is 85.9 cm³/mol. The molecule has 128 valence electrons. The maximum absolute atomic E-state index is 12.4. The maximum Gasteiger partial charge on any atom is 0.326 e. The Balaban J connectivity index is 1.71. The van der Waals surface area contributed by atoms with Crippen molar-refractivity contribution in [3.63, 3.8) is 0 Å². The molecular weight excluding hydrogens is 312 g/mol. The highest BCUT2D eigenvalue weighted by Crippen LogP contribution is 2.33. The quantitative estimate of drug-likeness (QED) is 0.897. The Hall–Kier alpha value is -2.57. The summed E-state index contributed by atoms with van der Waals surface area (Å²) < 4.78 is 5.57. The molecule has 3 rings (SSSR count). The Morgan fingerprint density at radius 2 is 2.08 bits per heavy atom. The van der Waals surface area contributed by atoms with E-state index in [9.17, 15) is 19.5 Å². The number of carboxylic acids is 1. The lowest BCUT2D eigenvalue weighted by molar-refractivity contribution is -0.148. The van der Waals surface area contributed by atoms with Gasteiger partial charge in [0.25, 0.3) is 5.91 Å². The molecule has 7 nitrogen and oxygen atoms in total. The summed E-state index contributed by atoms with van der Waals surface area (Å²) in [6, 6.07) is 6.45. The molecule has 0 aliphatic carbocycles. The number of hydrogen-bond donors (Lipinski definition) is 1. The first kappa shape index (κ1) is 16.3. The second kappa shape index (κ2) is 6.51. The van der Waals surface area contributed by atoms with E-state index in [1.807, 2.05) is 6.07 Å². The lowest BCUT2D eigenvalue weighted by Gasteiger charge is -2.33. The molecule has 0 radical (unpaired) electrons. The van der Waals surface area contributed by atoms with Crippen molar-refractivity contribution in [2.45, 2.75) is 38.3 Å². The molecule has 1 fully saturated rings. The van der Waals surface area contributed by atoms with Crippen LogP contribution < -0.4 is 9.64 Å². The molecule has 2 heterocycles.